The molecule has 5 nitrogen and oxygen atoms in total. The number of nitrogens with two attached hydrogens (primary N) is 1. The van der Waals surface area contributed by atoms with E-state index in [1.54, 1.807) is 6.92 Å². The fraction of sp³-hybridized carbons (Fsp3) is 0.857. The Labute approximate surface area is 77.7 Å². The molecule has 4 N–H and O–H groups in total. The van der Waals surface area contributed by atoms with Crippen LogP contribution in [0.3, 0.4) is 0 Å². The highest BCUT2D eigenvalue weighted by Crippen LogP contribution is 2.27. The van der Waals surface area contributed by atoms with Gasteiger partial charge in [-0.15, -0.1) is 0 Å². The van der Waals surface area contributed by atoms with E-state index >= 15 is 0 Å². The van der Waals surface area contributed by atoms with Crippen LogP contribution >= 0.6 is 7.80 Å². The number of hydrogen-bond acceptors (Lipinski definition) is 4. The average Bonchev–Trinajstić information content (AvgIpc) is 2.03. The first kappa shape index (κ1) is 12.6. The molecule has 0 heterocycles. The van der Waals surface area contributed by atoms with Gasteiger partial charge < -0.3 is 20.5 Å². The summed E-state index contributed by atoms with van der Waals surface area (Å²) in [5.41, 5.74) is 4.12. The molecule has 3 atom stereocenters. The Bertz CT molecular complexity index is 217. The minimum Gasteiger partial charge on any atom is -0.480 e. The van der Waals surface area contributed by atoms with Gasteiger partial charge in [0.15, 0.2) is 0 Å². The van der Waals surface area contributed by atoms with E-state index in [-0.39, 0.29) is 12.5 Å². The molecule has 0 spiro atoms. The zero-order chi connectivity index (χ0) is 10.6. The first-order valence-corrected chi connectivity index (χ1v) is 5.79. The first-order valence-electron chi connectivity index (χ1n) is 3.97. The molecule has 0 radical (unpaired) electrons. The van der Waals surface area contributed by atoms with E-state index in [9.17, 15) is 9.36 Å². The maximum atomic E-state index is 11.0. The molecule has 0 fully saturated rings. The minimum atomic E-state index is -2.08. The van der Waals surface area contributed by atoms with Crippen LogP contribution in [0.1, 0.15) is 13.8 Å². The fourth-order valence-electron chi connectivity index (χ4n) is 0.829. The van der Waals surface area contributed by atoms with Crippen molar-refractivity contribution in [2.45, 2.75) is 19.4 Å². The molecule has 78 valence electrons. The SMILES string of the molecule is CC(C[PH](=O)CO)C(C)(N)C(=O)O. The third kappa shape index (κ3) is 3.46. The first-order chi connectivity index (χ1) is 5.82. The van der Waals surface area contributed by atoms with E-state index in [0.29, 0.717) is 0 Å². The van der Waals surface area contributed by atoms with Crippen molar-refractivity contribution < 1.29 is 19.6 Å². The zero-order valence-electron chi connectivity index (χ0n) is 7.78. The highest BCUT2D eigenvalue weighted by atomic mass is 31.1. The quantitative estimate of drug-likeness (QED) is 0.550. The van der Waals surface area contributed by atoms with Crippen molar-refractivity contribution in [1.82, 2.24) is 0 Å². The zero-order valence-corrected chi connectivity index (χ0v) is 8.78. The molecule has 0 bridgehead atoms. The number of aliphatic hydroxyl groups excluding tert-OH is 1. The summed E-state index contributed by atoms with van der Waals surface area (Å²) < 4.78 is 11.0. The van der Waals surface area contributed by atoms with Crippen molar-refractivity contribution in [1.29, 1.82) is 0 Å². The largest absolute Gasteiger partial charge is 0.480 e. The van der Waals surface area contributed by atoms with Gasteiger partial charge in [-0.25, -0.2) is 0 Å². The average molecular weight is 209 g/mol. The van der Waals surface area contributed by atoms with E-state index in [1.165, 1.54) is 6.92 Å². The molecule has 0 aliphatic heterocycles. The van der Waals surface area contributed by atoms with Crippen LogP contribution in [0.5, 0.6) is 0 Å². The Morgan fingerprint density at radius 1 is 1.69 bits per heavy atom. The van der Waals surface area contributed by atoms with Crippen molar-refractivity contribution in [3.63, 3.8) is 0 Å². The second-order valence-electron chi connectivity index (χ2n) is 3.39. The molecule has 0 aromatic heterocycles. The molecular weight excluding hydrogens is 193 g/mol. The van der Waals surface area contributed by atoms with E-state index in [1.807, 2.05) is 0 Å². The topological polar surface area (TPSA) is 101 Å². The number of carboxylic acid groups (broad SMARTS) is 1. The molecule has 13 heavy (non-hydrogen) atoms. The monoisotopic (exact) mass is 209 g/mol. The second kappa shape index (κ2) is 4.74. The van der Waals surface area contributed by atoms with Gasteiger partial charge in [0.25, 0.3) is 0 Å². The van der Waals surface area contributed by atoms with E-state index in [4.69, 9.17) is 15.9 Å². The van der Waals surface area contributed by atoms with Crippen LogP contribution in [0.25, 0.3) is 0 Å². The third-order valence-corrected chi connectivity index (χ3v) is 3.62. The summed E-state index contributed by atoms with van der Waals surface area (Å²) in [5, 5.41) is 17.3. The van der Waals surface area contributed by atoms with Crippen LogP contribution in [0.15, 0.2) is 0 Å². The van der Waals surface area contributed by atoms with Crippen molar-refractivity contribution in [2.24, 2.45) is 11.7 Å². The Hall–Kier alpha value is -0.380. The Morgan fingerprint density at radius 3 is 2.46 bits per heavy atom. The lowest BCUT2D eigenvalue weighted by molar-refractivity contribution is -0.144. The number of aliphatic carboxylic acids is 1. The van der Waals surface area contributed by atoms with Crippen LogP contribution < -0.4 is 5.73 Å². The molecule has 3 unspecified atom stereocenters. The lowest BCUT2D eigenvalue weighted by atomic mass is 9.90. The minimum absolute atomic E-state index is 0.167. The van der Waals surface area contributed by atoms with Gasteiger partial charge in [-0.2, -0.15) is 0 Å². The highest BCUT2D eigenvalue weighted by Gasteiger charge is 2.35. The summed E-state index contributed by atoms with van der Waals surface area (Å²) in [6, 6.07) is 0. The maximum Gasteiger partial charge on any atom is 0.323 e. The maximum absolute atomic E-state index is 11.0. The van der Waals surface area contributed by atoms with Gasteiger partial charge in [-0.05, 0) is 12.8 Å². The summed E-state index contributed by atoms with van der Waals surface area (Å²) in [6.07, 6.45) is -0.217. The number of carbonyl (C=O) groups is 1. The Morgan fingerprint density at radius 2 is 2.15 bits per heavy atom. The van der Waals surface area contributed by atoms with E-state index in [2.05, 4.69) is 0 Å². The standard InChI is InChI=1S/C7H16NO4P/c1-5(3-13(12)4-9)7(2,8)6(10)11/h5,9,13H,3-4,8H2,1-2H3,(H,10,11). The normalized spacial score (nSPS) is 20.3. The van der Waals surface area contributed by atoms with Crippen molar-refractivity contribution in [3.05, 3.63) is 0 Å². The lowest BCUT2D eigenvalue weighted by Gasteiger charge is -2.26. The Balaban J connectivity index is 4.33. The molecule has 0 saturated heterocycles. The number of carboxylic acids is 1. The third-order valence-electron chi connectivity index (χ3n) is 2.19. The van der Waals surface area contributed by atoms with Crippen LogP contribution in [-0.2, 0) is 9.36 Å². The lowest BCUT2D eigenvalue weighted by Crippen LogP contribution is -2.51. The van der Waals surface area contributed by atoms with Gasteiger partial charge in [-0.3, -0.25) is 4.79 Å². The number of rotatable bonds is 5. The summed E-state index contributed by atoms with van der Waals surface area (Å²) in [5.74, 6) is -1.53. The molecule has 0 aliphatic carbocycles. The molecule has 0 aromatic carbocycles. The number of hydrogen-bond donors (Lipinski definition) is 3. The summed E-state index contributed by atoms with van der Waals surface area (Å²) >= 11 is 0. The van der Waals surface area contributed by atoms with Gasteiger partial charge in [0.2, 0.25) is 0 Å². The van der Waals surface area contributed by atoms with E-state index in [0.717, 1.165) is 0 Å². The number of aliphatic hydroxyl groups is 1. The summed E-state index contributed by atoms with van der Waals surface area (Å²) in [4.78, 5) is 10.7. The second-order valence-corrected chi connectivity index (χ2v) is 5.19. The smallest absolute Gasteiger partial charge is 0.323 e. The van der Waals surface area contributed by atoms with Gasteiger partial charge in [-0.1, -0.05) is 6.92 Å². The van der Waals surface area contributed by atoms with Crippen molar-refractivity contribution >= 4 is 13.8 Å². The molecule has 0 aromatic rings. The van der Waals surface area contributed by atoms with Crippen LogP contribution in [0.4, 0.5) is 0 Å². The predicted molar refractivity (Wildman–Crippen MR) is 50.3 cm³/mol. The molecule has 0 aliphatic rings. The molecular formula is C7H16NO4P. The fourth-order valence-corrected chi connectivity index (χ4v) is 2.07. The highest BCUT2D eigenvalue weighted by molar-refractivity contribution is 7.44. The van der Waals surface area contributed by atoms with Crippen LogP contribution in [0, 0.1) is 5.92 Å². The van der Waals surface area contributed by atoms with Crippen LogP contribution in [-0.4, -0.2) is 34.2 Å². The van der Waals surface area contributed by atoms with E-state index < -0.39 is 25.2 Å². The van der Waals surface area contributed by atoms with Crippen LogP contribution in [0.2, 0.25) is 0 Å². The van der Waals surface area contributed by atoms with Gasteiger partial charge in [0.05, 0.1) is 6.35 Å². The predicted octanol–water partition coefficient (Wildman–Crippen LogP) is -0.0660. The summed E-state index contributed by atoms with van der Waals surface area (Å²) in [6.45, 7) is 3.00. The molecule has 0 saturated carbocycles. The molecule has 0 amide bonds. The Kier molecular flexibility index (Phi) is 4.61. The molecule has 6 heteroatoms. The van der Waals surface area contributed by atoms with Crippen molar-refractivity contribution in [3.8, 4) is 0 Å². The van der Waals surface area contributed by atoms with Gasteiger partial charge in [0.1, 0.15) is 13.3 Å². The van der Waals surface area contributed by atoms with Gasteiger partial charge >= 0.3 is 5.97 Å². The molecule has 0 rings (SSSR count). The van der Waals surface area contributed by atoms with Gasteiger partial charge in [0, 0.05) is 6.16 Å². The van der Waals surface area contributed by atoms with Crippen molar-refractivity contribution in [2.75, 3.05) is 12.5 Å². The summed E-state index contributed by atoms with van der Waals surface area (Å²) in [7, 11) is -2.08.